The number of hydrogen-bond donors (Lipinski definition) is 0. The Morgan fingerprint density at radius 3 is 1.50 bits per heavy atom. The van der Waals surface area contributed by atoms with Gasteiger partial charge in [0.2, 0.25) is 0 Å². The molecule has 0 spiro atoms. The van der Waals surface area contributed by atoms with Crippen LogP contribution in [0.1, 0.15) is 104 Å². The van der Waals surface area contributed by atoms with Gasteiger partial charge in [0.05, 0.1) is 0 Å². The Bertz CT molecular complexity index is 215. The molecule has 0 aliphatic carbocycles. The zero-order valence-electron chi connectivity index (χ0n) is 14.3. The maximum atomic E-state index is 11.8. The quantitative estimate of drug-likeness (QED) is 0.229. The summed E-state index contributed by atoms with van der Waals surface area (Å²) in [4.78, 5) is 0. The highest BCUT2D eigenvalue weighted by Gasteiger charge is 2.21. The van der Waals surface area contributed by atoms with Crippen LogP contribution in [0.15, 0.2) is 0 Å². The minimum Gasteiger partial charge on any atom is -0.0745 e. The van der Waals surface area contributed by atoms with Crippen molar-refractivity contribution in [2.45, 2.75) is 110 Å². The Hall–Kier alpha value is 0.100. The van der Waals surface area contributed by atoms with E-state index in [4.69, 9.17) is 0 Å². The van der Waals surface area contributed by atoms with E-state index in [1.165, 1.54) is 77.0 Å². The van der Waals surface area contributed by atoms with Gasteiger partial charge in [-0.15, -0.1) is 0 Å². The molecule has 0 aromatic carbocycles. The molecule has 0 aromatic rings. The molecule has 0 bridgehead atoms. The van der Waals surface area contributed by atoms with Gasteiger partial charge in [-0.2, -0.15) is 0 Å². The van der Waals surface area contributed by atoms with Crippen LogP contribution in [0.25, 0.3) is 0 Å². The van der Waals surface area contributed by atoms with Crippen molar-refractivity contribution in [1.29, 1.82) is 0 Å². The molecule has 0 saturated heterocycles. The van der Waals surface area contributed by atoms with Crippen molar-refractivity contribution < 1.29 is 4.57 Å². The van der Waals surface area contributed by atoms with Gasteiger partial charge in [0.1, 0.15) is 6.16 Å². The van der Waals surface area contributed by atoms with Crippen molar-refractivity contribution in [3.63, 3.8) is 0 Å². The van der Waals surface area contributed by atoms with E-state index in [1.807, 2.05) is 0 Å². The van der Waals surface area contributed by atoms with E-state index in [2.05, 4.69) is 20.8 Å². The lowest BCUT2D eigenvalue weighted by Gasteiger charge is -2.02. The summed E-state index contributed by atoms with van der Waals surface area (Å²) in [7, 11) is -0.930. The maximum absolute atomic E-state index is 11.8. The summed E-state index contributed by atoms with van der Waals surface area (Å²) in [6.45, 7) is 6.54. The lowest BCUT2D eigenvalue weighted by molar-refractivity contribution is 0.545. The molecule has 0 radical (unpaired) electrons. The molecule has 2 unspecified atom stereocenters. The van der Waals surface area contributed by atoms with E-state index in [1.54, 1.807) is 0 Å². The monoisotopic (exact) mass is 301 g/mol. The van der Waals surface area contributed by atoms with Gasteiger partial charge in [-0.1, -0.05) is 82.6 Å². The zero-order valence-corrected chi connectivity index (χ0v) is 15.2. The molecule has 0 heterocycles. The Morgan fingerprint density at radius 2 is 1.10 bits per heavy atom. The highest BCUT2D eigenvalue weighted by atomic mass is 31.1. The lowest BCUT2D eigenvalue weighted by atomic mass is 10.1. The summed E-state index contributed by atoms with van der Waals surface area (Å²) in [5.41, 5.74) is 0.428. The topological polar surface area (TPSA) is 17.1 Å². The molecular formula is C18H38OP+. The maximum Gasteiger partial charge on any atom is 0.341 e. The number of unbranched alkanes of at least 4 members (excludes halogenated alkanes) is 11. The van der Waals surface area contributed by atoms with Crippen LogP contribution in [0.5, 0.6) is 0 Å². The SMILES string of the molecule is CCCCCCCCCCCCCC[P+](=O)C(C)CC. The Balaban J connectivity index is 3.11. The first-order chi connectivity index (χ1) is 9.72. The molecule has 0 aliphatic heterocycles. The van der Waals surface area contributed by atoms with Crippen LogP contribution in [-0.2, 0) is 4.57 Å². The van der Waals surface area contributed by atoms with E-state index >= 15 is 0 Å². The summed E-state index contributed by atoms with van der Waals surface area (Å²) >= 11 is 0. The van der Waals surface area contributed by atoms with Crippen LogP contribution in [0.4, 0.5) is 0 Å². The van der Waals surface area contributed by atoms with Gasteiger partial charge in [0, 0.05) is 0 Å². The molecule has 0 aliphatic rings. The number of hydrogen-bond acceptors (Lipinski definition) is 1. The van der Waals surface area contributed by atoms with Crippen LogP contribution >= 0.6 is 7.80 Å². The number of rotatable bonds is 15. The van der Waals surface area contributed by atoms with Crippen molar-refractivity contribution in [1.82, 2.24) is 0 Å². The minimum atomic E-state index is -0.930. The Kier molecular flexibility index (Phi) is 15.6. The van der Waals surface area contributed by atoms with E-state index in [0.29, 0.717) is 5.66 Å². The van der Waals surface area contributed by atoms with Crippen LogP contribution < -0.4 is 0 Å². The molecule has 2 heteroatoms. The van der Waals surface area contributed by atoms with Crippen LogP contribution in [0, 0.1) is 0 Å². The molecule has 1 nitrogen and oxygen atoms in total. The predicted molar refractivity (Wildman–Crippen MR) is 93.3 cm³/mol. The van der Waals surface area contributed by atoms with Gasteiger partial charge in [0.25, 0.3) is 0 Å². The first kappa shape index (κ1) is 20.1. The smallest absolute Gasteiger partial charge is 0.0745 e. The van der Waals surface area contributed by atoms with Crippen LogP contribution in [-0.4, -0.2) is 11.8 Å². The van der Waals surface area contributed by atoms with Gasteiger partial charge >= 0.3 is 7.80 Å². The fourth-order valence-corrected chi connectivity index (χ4v) is 3.92. The fraction of sp³-hybridized carbons (Fsp3) is 1.00. The average Bonchev–Trinajstić information content (AvgIpc) is 2.47. The van der Waals surface area contributed by atoms with E-state index < -0.39 is 7.80 Å². The summed E-state index contributed by atoms with van der Waals surface area (Å²) in [5.74, 6) is 0. The van der Waals surface area contributed by atoms with Crippen molar-refractivity contribution in [3.8, 4) is 0 Å². The predicted octanol–water partition coefficient (Wildman–Crippen LogP) is 7.31. The molecule has 0 aromatic heterocycles. The highest BCUT2D eigenvalue weighted by Crippen LogP contribution is 2.31. The second kappa shape index (κ2) is 15.5. The zero-order chi connectivity index (χ0) is 15.1. The van der Waals surface area contributed by atoms with Crippen molar-refractivity contribution in [3.05, 3.63) is 0 Å². The first-order valence-electron chi connectivity index (χ1n) is 9.16. The van der Waals surface area contributed by atoms with Crippen LogP contribution in [0.2, 0.25) is 0 Å². The van der Waals surface area contributed by atoms with Gasteiger partial charge in [-0.3, -0.25) is 0 Å². The molecule has 0 rings (SSSR count). The molecule has 0 fully saturated rings. The average molecular weight is 301 g/mol. The summed E-state index contributed by atoms with van der Waals surface area (Å²) < 4.78 is 11.8. The normalized spacial score (nSPS) is 13.4. The summed E-state index contributed by atoms with van der Waals surface area (Å²) in [6, 6.07) is 0. The lowest BCUT2D eigenvalue weighted by Crippen LogP contribution is -1.95. The van der Waals surface area contributed by atoms with Crippen LogP contribution in [0.3, 0.4) is 0 Å². The molecule has 0 N–H and O–H groups in total. The minimum absolute atomic E-state index is 0.428. The molecule has 120 valence electrons. The van der Waals surface area contributed by atoms with Crippen molar-refractivity contribution >= 4 is 7.80 Å². The third-order valence-electron chi connectivity index (χ3n) is 4.31. The largest absolute Gasteiger partial charge is 0.341 e. The molecular weight excluding hydrogens is 263 g/mol. The summed E-state index contributed by atoms with van der Waals surface area (Å²) in [6.07, 6.45) is 18.6. The summed E-state index contributed by atoms with van der Waals surface area (Å²) in [5, 5.41) is 0. The first-order valence-corrected chi connectivity index (χ1v) is 10.7. The van der Waals surface area contributed by atoms with Gasteiger partial charge < -0.3 is 0 Å². The fourth-order valence-electron chi connectivity index (χ4n) is 2.53. The van der Waals surface area contributed by atoms with E-state index in [9.17, 15) is 4.57 Å². The molecule has 20 heavy (non-hydrogen) atoms. The van der Waals surface area contributed by atoms with Gasteiger partial charge in [-0.25, -0.2) is 0 Å². The highest BCUT2D eigenvalue weighted by molar-refractivity contribution is 7.45. The third-order valence-corrected chi connectivity index (χ3v) is 6.42. The second-order valence-corrected chi connectivity index (χ2v) is 8.45. The molecule has 2 atom stereocenters. The van der Waals surface area contributed by atoms with E-state index in [-0.39, 0.29) is 0 Å². The van der Waals surface area contributed by atoms with Gasteiger partial charge in [0.15, 0.2) is 5.66 Å². The van der Waals surface area contributed by atoms with E-state index in [0.717, 1.165) is 12.6 Å². The van der Waals surface area contributed by atoms with Gasteiger partial charge in [-0.05, 0) is 26.2 Å². The standard InChI is InChI=1S/C18H38OP/c1-4-6-7-8-9-10-11-12-13-14-15-16-17-20(19)18(3)5-2/h18H,4-17H2,1-3H3/q+1. The Labute approximate surface area is 129 Å². The Morgan fingerprint density at radius 1 is 0.700 bits per heavy atom. The molecule has 0 saturated carbocycles. The molecule has 0 amide bonds. The third kappa shape index (κ3) is 13.1. The van der Waals surface area contributed by atoms with Crippen molar-refractivity contribution in [2.24, 2.45) is 0 Å². The van der Waals surface area contributed by atoms with Crippen molar-refractivity contribution in [2.75, 3.05) is 6.16 Å². The second-order valence-electron chi connectivity index (χ2n) is 6.29.